The summed E-state index contributed by atoms with van der Waals surface area (Å²) in [6, 6.07) is 2.04. The molecule has 0 saturated carbocycles. The van der Waals surface area contributed by atoms with Crippen LogP contribution in [-0.4, -0.2) is 4.98 Å². The van der Waals surface area contributed by atoms with Gasteiger partial charge in [0.15, 0.2) is 0 Å². The summed E-state index contributed by atoms with van der Waals surface area (Å²) >= 11 is 9.55. The Morgan fingerprint density at radius 3 is 3.00 bits per heavy atom. The zero-order valence-electron chi connectivity index (χ0n) is 6.46. The molecule has 2 nitrogen and oxygen atoms in total. The van der Waals surface area contributed by atoms with Crippen LogP contribution in [0.15, 0.2) is 22.1 Å². The Morgan fingerprint density at radius 2 is 2.46 bits per heavy atom. The largest absolute Gasteiger partial charge is 0.444 e. The summed E-state index contributed by atoms with van der Waals surface area (Å²) in [6.45, 7) is 0. The maximum atomic E-state index is 5.61. The van der Waals surface area contributed by atoms with Gasteiger partial charge in [0.2, 0.25) is 5.89 Å². The van der Waals surface area contributed by atoms with E-state index in [2.05, 4.69) is 27.6 Å². The van der Waals surface area contributed by atoms with E-state index in [1.165, 1.54) is 2.88 Å². The van der Waals surface area contributed by atoms with Gasteiger partial charge in [-0.15, -0.1) is 22.9 Å². The fraction of sp³-hybridized carbons (Fsp3) is 0.125. The summed E-state index contributed by atoms with van der Waals surface area (Å²) in [4.78, 5) is 4.22. The van der Waals surface area contributed by atoms with E-state index >= 15 is 0 Å². The Bertz CT molecular complexity index is 412. The Balaban J connectivity index is 2.35. The molecule has 5 heteroatoms. The first-order valence-corrected chi connectivity index (χ1v) is 6.03. The lowest BCUT2D eigenvalue weighted by Gasteiger charge is -1.84. The Kier molecular flexibility index (Phi) is 2.90. The highest BCUT2D eigenvalue weighted by Gasteiger charge is 2.07. The monoisotopic (exact) mass is 325 g/mol. The summed E-state index contributed by atoms with van der Waals surface area (Å²) in [5, 5.41) is 2.02. The Hall–Kier alpha value is -0.0700. The van der Waals surface area contributed by atoms with Crippen LogP contribution in [0.1, 0.15) is 5.69 Å². The number of nitrogens with zero attached hydrogens (tertiary/aromatic N) is 1. The minimum atomic E-state index is 0.394. The van der Waals surface area contributed by atoms with Gasteiger partial charge < -0.3 is 4.42 Å². The number of hydrogen-bond acceptors (Lipinski definition) is 3. The van der Waals surface area contributed by atoms with Crippen molar-refractivity contribution in [3.05, 3.63) is 26.3 Å². The van der Waals surface area contributed by atoms with Gasteiger partial charge in [0, 0.05) is 10.9 Å². The Labute approximate surface area is 98.1 Å². The van der Waals surface area contributed by atoms with Gasteiger partial charge in [-0.25, -0.2) is 4.98 Å². The first-order valence-electron chi connectivity index (χ1n) is 3.54. The van der Waals surface area contributed by atoms with Crippen molar-refractivity contribution in [3.63, 3.8) is 0 Å². The number of oxazole rings is 1. The van der Waals surface area contributed by atoms with E-state index in [0.29, 0.717) is 11.8 Å². The second-order valence-electron chi connectivity index (χ2n) is 2.42. The van der Waals surface area contributed by atoms with Gasteiger partial charge in [-0.2, -0.15) is 0 Å². The maximum Gasteiger partial charge on any atom is 0.227 e. The lowest BCUT2D eigenvalue weighted by Crippen LogP contribution is -1.76. The molecule has 0 bridgehead atoms. The lowest BCUT2D eigenvalue weighted by molar-refractivity contribution is 0.573. The zero-order chi connectivity index (χ0) is 9.26. The molecule has 0 aliphatic rings. The van der Waals surface area contributed by atoms with Crippen LogP contribution in [0.4, 0.5) is 0 Å². The quantitative estimate of drug-likeness (QED) is 0.621. The SMILES string of the molecule is ClCc1coc(-c2csc(I)c2)n1. The number of halogens is 2. The normalized spacial score (nSPS) is 10.6. The van der Waals surface area contributed by atoms with Crippen LogP contribution in [-0.2, 0) is 5.88 Å². The summed E-state index contributed by atoms with van der Waals surface area (Å²) < 4.78 is 6.48. The van der Waals surface area contributed by atoms with Gasteiger partial charge in [0.25, 0.3) is 0 Å². The van der Waals surface area contributed by atoms with Gasteiger partial charge in [-0.3, -0.25) is 0 Å². The van der Waals surface area contributed by atoms with Crippen LogP contribution in [0.5, 0.6) is 0 Å². The molecule has 2 aromatic heterocycles. The molecule has 2 aromatic rings. The fourth-order valence-electron chi connectivity index (χ4n) is 0.923. The first-order chi connectivity index (χ1) is 6.29. The molecule has 0 unspecified atom stereocenters. The van der Waals surface area contributed by atoms with Crippen molar-refractivity contribution in [1.82, 2.24) is 4.98 Å². The average Bonchev–Trinajstić information content (AvgIpc) is 2.71. The minimum Gasteiger partial charge on any atom is -0.444 e. The van der Waals surface area contributed by atoms with E-state index in [1.54, 1.807) is 17.6 Å². The van der Waals surface area contributed by atoms with Crippen LogP contribution in [0, 0.1) is 2.88 Å². The number of aromatic nitrogens is 1. The van der Waals surface area contributed by atoms with Crippen molar-refractivity contribution in [1.29, 1.82) is 0 Å². The molecule has 0 aliphatic heterocycles. The third-order valence-electron chi connectivity index (χ3n) is 1.50. The van der Waals surface area contributed by atoms with Gasteiger partial charge in [0.05, 0.1) is 14.5 Å². The van der Waals surface area contributed by atoms with E-state index in [4.69, 9.17) is 16.0 Å². The van der Waals surface area contributed by atoms with Gasteiger partial charge in [-0.05, 0) is 28.7 Å². The van der Waals surface area contributed by atoms with Gasteiger partial charge >= 0.3 is 0 Å². The molecular weight excluding hydrogens is 321 g/mol. The van der Waals surface area contributed by atoms with E-state index in [-0.39, 0.29) is 0 Å². The summed E-state index contributed by atoms with van der Waals surface area (Å²) in [7, 11) is 0. The molecule has 0 saturated heterocycles. The van der Waals surface area contributed by atoms with Gasteiger partial charge in [-0.1, -0.05) is 0 Å². The third kappa shape index (κ3) is 2.05. The maximum absolute atomic E-state index is 5.61. The molecule has 0 aromatic carbocycles. The summed E-state index contributed by atoms with van der Waals surface area (Å²) in [6.07, 6.45) is 1.59. The standard InChI is InChI=1S/C8H5ClINOS/c9-2-6-3-12-8(11-6)5-1-7(10)13-4-5/h1,3-4H,2H2. The van der Waals surface area contributed by atoms with Gasteiger partial charge in [0.1, 0.15) is 6.26 Å². The predicted molar refractivity (Wildman–Crippen MR) is 62.1 cm³/mol. The number of rotatable bonds is 2. The smallest absolute Gasteiger partial charge is 0.227 e. The highest BCUT2D eigenvalue weighted by molar-refractivity contribution is 14.1. The highest BCUT2D eigenvalue weighted by atomic mass is 127. The van der Waals surface area contributed by atoms with Crippen molar-refractivity contribution < 1.29 is 4.42 Å². The van der Waals surface area contributed by atoms with Crippen molar-refractivity contribution in [2.45, 2.75) is 5.88 Å². The van der Waals surface area contributed by atoms with Crippen molar-refractivity contribution >= 4 is 45.5 Å². The van der Waals surface area contributed by atoms with Crippen molar-refractivity contribution in [2.75, 3.05) is 0 Å². The van der Waals surface area contributed by atoms with E-state index < -0.39 is 0 Å². The van der Waals surface area contributed by atoms with E-state index in [1.807, 2.05) is 11.4 Å². The van der Waals surface area contributed by atoms with Crippen LogP contribution >= 0.6 is 45.5 Å². The fourth-order valence-corrected chi connectivity index (χ4v) is 2.37. The Morgan fingerprint density at radius 1 is 1.62 bits per heavy atom. The molecule has 0 radical (unpaired) electrons. The summed E-state index contributed by atoms with van der Waals surface area (Å²) in [5.74, 6) is 1.04. The van der Waals surface area contributed by atoms with Crippen LogP contribution in [0.2, 0.25) is 0 Å². The molecule has 0 N–H and O–H groups in total. The molecule has 0 fully saturated rings. The highest BCUT2D eigenvalue weighted by Crippen LogP contribution is 2.26. The second-order valence-corrected chi connectivity index (χ2v) is 5.49. The average molecular weight is 326 g/mol. The predicted octanol–water partition coefficient (Wildman–Crippen LogP) is 3.75. The molecule has 13 heavy (non-hydrogen) atoms. The molecule has 0 spiro atoms. The number of alkyl halides is 1. The van der Waals surface area contributed by atoms with E-state index in [0.717, 1.165) is 11.3 Å². The molecule has 2 heterocycles. The second kappa shape index (κ2) is 3.98. The zero-order valence-corrected chi connectivity index (χ0v) is 10.2. The van der Waals surface area contributed by atoms with Crippen LogP contribution in [0.25, 0.3) is 11.5 Å². The molecule has 2 rings (SSSR count). The first kappa shape index (κ1) is 9.48. The van der Waals surface area contributed by atoms with Crippen molar-refractivity contribution in [2.24, 2.45) is 0 Å². The third-order valence-corrected chi connectivity index (χ3v) is 3.57. The number of thiophene rings is 1. The van der Waals surface area contributed by atoms with Crippen molar-refractivity contribution in [3.8, 4) is 11.5 Å². The molecule has 68 valence electrons. The minimum absolute atomic E-state index is 0.394. The molecular formula is C8H5ClINOS. The van der Waals surface area contributed by atoms with Crippen LogP contribution in [0.3, 0.4) is 0 Å². The molecule has 0 amide bonds. The molecule has 0 aliphatic carbocycles. The van der Waals surface area contributed by atoms with Crippen LogP contribution < -0.4 is 0 Å². The number of hydrogen-bond donors (Lipinski definition) is 0. The topological polar surface area (TPSA) is 26.0 Å². The summed E-state index contributed by atoms with van der Waals surface area (Å²) in [5.41, 5.74) is 1.80. The molecule has 0 atom stereocenters. The lowest BCUT2D eigenvalue weighted by atomic mass is 10.3. The van der Waals surface area contributed by atoms with E-state index in [9.17, 15) is 0 Å².